The summed E-state index contributed by atoms with van der Waals surface area (Å²) in [5.41, 5.74) is 17.6. The van der Waals surface area contributed by atoms with Crippen molar-refractivity contribution in [3.8, 4) is 28.3 Å². The second-order valence-electron chi connectivity index (χ2n) is 22.5. The summed E-state index contributed by atoms with van der Waals surface area (Å²) in [5.74, 6) is 2.63. The number of hydrogen-bond acceptors (Lipinski definition) is 1. The normalized spacial score (nSPS) is 16.2. The lowest BCUT2D eigenvalue weighted by Gasteiger charge is -2.33. The Balaban J connectivity index is 1.18. The van der Waals surface area contributed by atoms with Gasteiger partial charge < -0.3 is 4.42 Å². The quantitative estimate of drug-likeness (QED) is 0.0927. The highest BCUT2D eigenvalue weighted by atomic mass is 28.3. The van der Waals surface area contributed by atoms with Crippen LogP contribution in [0, 0.1) is 5.92 Å². The van der Waals surface area contributed by atoms with Gasteiger partial charge in [-0.1, -0.05) is 141 Å². The molecule has 2 aliphatic rings. The van der Waals surface area contributed by atoms with Crippen LogP contribution in [0.3, 0.4) is 0 Å². The van der Waals surface area contributed by atoms with Gasteiger partial charge >= 0.3 is 0 Å². The predicted octanol–water partition coefficient (Wildman–Crippen LogP) is 15.9. The smallest absolute Gasteiger partial charge is 0.300 e. The van der Waals surface area contributed by atoms with Gasteiger partial charge in [0.15, 0.2) is 23.3 Å². The average Bonchev–Trinajstić information content (AvgIpc) is 3.85. The van der Waals surface area contributed by atoms with Crippen molar-refractivity contribution in [3.05, 3.63) is 174 Å². The molecule has 69 heavy (non-hydrogen) atoms. The number of fused-ring (bicyclic) bond motifs is 16. The minimum absolute atomic E-state index is 0.168. The van der Waals surface area contributed by atoms with Gasteiger partial charge in [0.05, 0.1) is 20.1 Å². The lowest BCUT2D eigenvalue weighted by Crippen LogP contribution is -2.54. The summed E-state index contributed by atoms with van der Waals surface area (Å²) in [7, 11) is -1.75. The van der Waals surface area contributed by atoms with E-state index in [-0.39, 0.29) is 12.0 Å². The van der Waals surface area contributed by atoms with E-state index in [1.54, 1.807) is 5.19 Å². The molecule has 0 saturated heterocycles. The third-order valence-corrected chi connectivity index (χ3v) is 17.8. The first-order chi connectivity index (χ1) is 33.2. The van der Waals surface area contributed by atoms with Crippen LogP contribution in [0.5, 0.6) is 0 Å². The maximum absolute atomic E-state index is 7.01. The van der Waals surface area contributed by atoms with Gasteiger partial charge in [-0.05, 0) is 130 Å². The van der Waals surface area contributed by atoms with E-state index in [0.717, 1.165) is 53.3 Å². The number of hydrogen-bond donors (Lipinski definition) is 0. The summed E-state index contributed by atoms with van der Waals surface area (Å²) < 4.78 is 14.9. The highest BCUT2D eigenvalue weighted by molar-refractivity contribution is 6.89. The van der Waals surface area contributed by atoms with Crippen molar-refractivity contribution in [2.75, 3.05) is 0 Å². The third kappa shape index (κ3) is 7.05. The summed E-state index contributed by atoms with van der Waals surface area (Å²) in [5, 5.41) is 8.79. The van der Waals surface area contributed by atoms with Gasteiger partial charge in [0.25, 0.3) is 5.82 Å². The van der Waals surface area contributed by atoms with Gasteiger partial charge in [-0.2, -0.15) is 13.7 Å². The lowest BCUT2D eigenvalue weighted by atomic mass is 9.77. The molecular weight excluding hydrogens is 855 g/mol. The molecule has 10 aromatic rings. The molecule has 0 spiro atoms. The zero-order valence-electron chi connectivity index (χ0n) is 42.0. The van der Waals surface area contributed by atoms with Crippen LogP contribution in [0.4, 0.5) is 0 Å². The number of aryl methyl sites for hydroxylation is 1. The maximum Gasteiger partial charge on any atom is 0.300 e. The molecule has 12 rings (SSSR count). The maximum atomic E-state index is 7.01. The monoisotopic (exact) mass is 919 g/mol. The molecule has 0 bridgehead atoms. The number of pyridine rings is 1. The first kappa shape index (κ1) is 43.7. The van der Waals surface area contributed by atoms with Gasteiger partial charge in [-0.3, -0.25) is 0 Å². The van der Waals surface area contributed by atoms with E-state index in [9.17, 15) is 0 Å². The van der Waals surface area contributed by atoms with Crippen molar-refractivity contribution in [1.82, 2.24) is 4.57 Å². The number of imidazole rings is 1. The Morgan fingerprint density at radius 1 is 0.681 bits per heavy atom. The molecule has 2 aliphatic heterocycles. The number of benzene rings is 7. The van der Waals surface area contributed by atoms with Crippen LogP contribution in [-0.2, 0) is 12.8 Å². The number of nitrogens with zero attached hydrogens (tertiary/aromatic N) is 3. The number of aromatic nitrogens is 3. The van der Waals surface area contributed by atoms with Crippen LogP contribution in [0.2, 0.25) is 19.6 Å². The van der Waals surface area contributed by atoms with Gasteiger partial charge in [-0.15, -0.1) is 0 Å². The van der Waals surface area contributed by atoms with Gasteiger partial charge in [0, 0.05) is 44.6 Å². The fraction of sp³-hybridized carbons (Fsp3) is 0.281. The standard InChI is InChI=1S/C64H65N3OSi/c1-38(2)28-47-33-59-51-21-14-13-20-50(51)52-27-26-44-34-60-55(54-32-45-30-42-18-11-12-19-43(42)31-46(45)35-61(54)68-60)36-53(44)64-66(41(7)29-58(52)65(59)37-62(47)69(8,9)10)56-24-15-16-25-57(56)67(64)63-48(39(3)4)22-17-23-49(63)40(5)6/h11-25,30-40,52,58H,7,26-29H2,1-6,8-10H3/q+2. The summed E-state index contributed by atoms with van der Waals surface area (Å²) in [6, 6.07) is 51.0. The largest absolute Gasteiger partial charge is 0.456 e. The van der Waals surface area contributed by atoms with E-state index in [1.165, 1.54) is 88.7 Å². The molecule has 5 heterocycles. The zero-order valence-corrected chi connectivity index (χ0v) is 43.0. The summed E-state index contributed by atoms with van der Waals surface area (Å²) in [6.45, 7) is 26.9. The molecule has 0 radical (unpaired) electrons. The number of allylic oxidation sites excluding steroid dienone is 1. The molecule has 7 aromatic carbocycles. The molecule has 0 saturated carbocycles. The molecule has 0 amide bonds. The van der Waals surface area contributed by atoms with E-state index in [1.807, 2.05) is 0 Å². The van der Waals surface area contributed by atoms with Gasteiger partial charge in [0.1, 0.15) is 22.6 Å². The first-order valence-corrected chi connectivity index (χ1v) is 29.1. The van der Waals surface area contributed by atoms with Crippen LogP contribution in [0.1, 0.15) is 106 Å². The summed E-state index contributed by atoms with van der Waals surface area (Å²) in [6.07, 6.45) is 6.40. The van der Waals surface area contributed by atoms with E-state index >= 15 is 0 Å². The Hall–Kier alpha value is -6.56. The van der Waals surface area contributed by atoms with E-state index in [4.69, 9.17) is 11.0 Å². The third-order valence-electron chi connectivity index (χ3n) is 15.7. The van der Waals surface area contributed by atoms with Gasteiger partial charge in [0.2, 0.25) is 5.69 Å². The van der Waals surface area contributed by atoms with Crippen LogP contribution >= 0.6 is 0 Å². The Morgan fingerprint density at radius 3 is 2.04 bits per heavy atom. The molecule has 0 fully saturated rings. The second kappa shape index (κ2) is 16.3. The van der Waals surface area contributed by atoms with E-state index < -0.39 is 8.07 Å². The van der Waals surface area contributed by atoms with Crippen LogP contribution in [0.25, 0.3) is 88.5 Å². The van der Waals surface area contributed by atoms with Crippen LogP contribution in [-0.4, -0.2) is 12.6 Å². The Kier molecular flexibility index (Phi) is 10.3. The van der Waals surface area contributed by atoms with Crippen molar-refractivity contribution in [2.45, 2.75) is 111 Å². The molecule has 2 unspecified atom stereocenters. The fourth-order valence-electron chi connectivity index (χ4n) is 12.5. The second-order valence-corrected chi connectivity index (χ2v) is 27.5. The molecule has 344 valence electrons. The highest BCUT2D eigenvalue weighted by Gasteiger charge is 2.45. The molecular formula is C64H65N3OSi+2. The SMILES string of the molecule is C=C1CC2C(CCc3cc4oc5cc6cc7ccccc7cc6cc5c4cc3-c3n(-c4c(C(C)C)cccc4C(C)C)c4ccccc4[n+]31)c1ccccc1-c1cc(CC(C)C)c([Si](C)(C)C)c[n+]12. The fourth-order valence-corrected chi connectivity index (χ4v) is 14.2. The first-order valence-electron chi connectivity index (χ1n) is 25.6. The van der Waals surface area contributed by atoms with Crippen LogP contribution in [0.15, 0.2) is 151 Å². The highest BCUT2D eigenvalue weighted by Crippen LogP contribution is 2.47. The van der Waals surface area contributed by atoms with E-state index in [0.29, 0.717) is 17.8 Å². The minimum Gasteiger partial charge on any atom is -0.456 e. The van der Waals surface area contributed by atoms with Crippen molar-refractivity contribution >= 4 is 73.5 Å². The number of para-hydroxylation sites is 3. The lowest BCUT2D eigenvalue weighted by molar-refractivity contribution is -0.719. The molecule has 0 N–H and O–H groups in total. The van der Waals surface area contributed by atoms with Gasteiger partial charge in [-0.25, -0.2) is 0 Å². The topological polar surface area (TPSA) is 25.8 Å². The molecule has 0 aliphatic carbocycles. The Bertz CT molecular complexity index is 3720. The summed E-state index contributed by atoms with van der Waals surface area (Å²) >= 11 is 0. The Labute approximate surface area is 408 Å². The van der Waals surface area contributed by atoms with Crippen molar-refractivity contribution < 1.29 is 13.6 Å². The molecule has 3 aromatic heterocycles. The molecule has 4 nitrogen and oxygen atoms in total. The minimum atomic E-state index is -1.75. The molecule has 2 atom stereocenters. The molecule has 5 heteroatoms. The average molecular weight is 920 g/mol. The van der Waals surface area contributed by atoms with Crippen molar-refractivity contribution in [3.63, 3.8) is 0 Å². The predicted molar refractivity (Wildman–Crippen MR) is 293 cm³/mol. The van der Waals surface area contributed by atoms with Crippen LogP contribution < -0.4 is 14.3 Å². The number of rotatable bonds is 6. The van der Waals surface area contributed by atoms with E-state index in [2.05, 4.69) is 215 Å². The van der Waals surface area contributed by atoms with Crippen molar-refractivity contribution in [1.29, 1.82) is 0 Å². The summed E-state index contributed by atoms with van der Waals surface area (Å²) in [4.78, 5) is 0. The number of furan rings is 1. The van der Waals surface area contributed by atoms with Crippen molar-refractivity contribution in [2.24, 2.45) is 5.92 Å². The Morgan fingerprint density at radius 2 is 1.33 bits per heavy atom. The zero-order chi connectivity index (χ0) is 47.6.